The molecule has 1 aromatic heterocycles. The van der Waals surface area contributed by atoms with Gasteiger partial charge >= 0.3 is 0 Å². The average molecular weight is 370 g/mol. The van der Waals surface area contributed by atoms with Gasteiger partial charge < -0.3 is 10.2 Å². The zero-order valence-corrected chi connectivity index (χ0v) is 17.9. The first-order valence-electron chi connectivity index (χ1n) is 8.96. The van der Waals surface area contributed by atoms with E-state index in [9.17, 15) is 4.21 Å². The molecule has 0 saturated heterocycles. The van der Waals surface area contributed by atoms with Gasteiger partial charge in [0.05, 0.1) is 12.2 Å². The first-order chi connectivity index (χ1) is 11.6. The van der Waals surface area contributed by atoms with E-state index in [-0.39, 0.29) is 4.75 Å². The molecule has 0 radical (unpaired) electrons. The summed E-state index contributed by atoms with van der Waals surface area (Å²) in [6, 6.07) is 0. The zero-order valence-electron chi connectivity index (χ0n) is 17.1. The highest BCUT2D eigenvalue weighted by Crippen LogP contribution is 2.18. The molecule has 0 bridgehead atoms. The van der Waals surface area contributed by atoms with E-state index in [2.05, 4.69) is 47.3 Å². The molecule has 0 spiro atoms. The van der Waals surface area contributed by atoms with Gasteiger partial charge in [-0.3, -0.25) is 13.9 Å². The average Bonchev–Trinajstić information content (AvgIpc) is 2.85. The van der Waals surface area contributed by atoms with Crippen LogP contribution in [0.4, 0.5) is 0 Å². The Hall–Kier alpha value is -1.37. The smallest absolute Gasteiger partial charge is 0.193 e. The molecule has 0 amide bonds. The van der Waals surface area contributed by atoms with Gasteiger partial charge in [0.1, 0.15) is 0 Å². The van der Waals surface area contributed by atoms with Gasteiger partial charge in [0.2, 0.25) is 0 Å². The molecule has 1 aromatic rings. The first-order valence-corrected chi connectivity index (χ1v) is 10.3. The van der Waals surface area contributed by atoms with E-state index in [1.807, 2.05) is 39.5 Å². The Labute approximate surface area is 155 Å². The number of rotatable bonds is 7. The number of aliphatic imine (C=N–C) groups is 1. The van der Waals surface area contributed by atoms with Crippen LogP contribution in [0.3, 0.4) is 0 Å². The van der Waals surface area contributed by atoms with E-state index in [4.69, 9.17) is 0 Å². The van der Waals surface area contributed by atoms with Gasteiger partial charge in [-0.2, -0.15) is 5.10 Å². The molecule has 0 aromatic carbocycles. The molecular formula is C18H35N5OS. The molecule has 1 unspecified atom stereocenters. The maximum absolute atomic E-state index is 12.2. The van der Waals surface area contributed by atoms with Crippen molar-refractivity contribution >= 4 is 16.8 Å². The number of nitrogens with one attached hydrogen (secondary N) is 1. The predicted molar refractivity (Wildman–Crippen MR) is 108 cm³/mol. The summed E-state index contributed by atoms with van der Waals surface area (Å²) in [6.07, 6.45) is 2.07. The van der Waals surface area contributed by atoms with Crippen LogP contribution in [-0.4, -0.2) is 55.5 Å². The number of guanidine groups is 1. The van der Waals surface area contributed by atoms with Crippen LogP contribution < -0.4 is 5.32 Å². The van der Waals surface area contributed by atoms with Crippen LogP contribution in [0.2, 0.25) is 0 Å². The van der Waals surface area contributed by atoms with E-state index in [0.29, 0.717) is 18.2 Å². The molecule has 0 saturated carbocycles. The summed E-state index contributed by atoms with van der Waals surface area (Å²) < 4.78 is 13.9. The molecule has 0 aliphatic heterocycles. The van der Waals surface area contributed by atoms with Crippen LogP contribution in [0.5, 0.6) is 0 Å². The molecule has 1 atom stereocenters. The van der Waals surface area contributed by atoms with Gasteiger partial charge in [0.15, 0.2) is 5.96 Å². The lowest BCUT2D eigenvalue weighted by Gasteiger charge is -2.23. The van der Waals surface area contributed by atoms with Crippen molar-refractivity contribution in [1.29, 1.82) is 0 Å². The van der Waals surface area contributed by atoms with E-state index in [1.165, 1.54) is 5.56 Å². The third-order valence-electron chi connectivity index (χ3n) is 3.81. The molecule has 1 heterocycles. The second-order valence-electron chi connectivity index (χ2n) is 7.62. The van der Waals surface area contributed by atoms with Gasteiger partial charge in [-0.15, -0.1) is 0 Å². The molecule has 0 aliphatic carbocycles. The standard InChI is InChI=1S/C18H35N5OS/c1-9-19-17(20-10-11-25(24)18(4,5)6)22(7)12-15-13-23(8)21-16(15)14(2)3/h13-14H,9-12H2,1-8H3,(H,19,20). The fourth-order valence-corrected chi connectivity index (χ4v) is 3.37. The largest absolute Gasteiger partial charge is 0.357 e. The summed E-state index contributed by atoms with van der Waals surface area (Å²) in [5, 5.41) is 7.89. The summed E-state index contributed by atoms with van der Waals surface area (Å²) in [7, 11) is 3.10. The van der Waals surface area contributed by atoms with Crippen LogP contribution in [0.15, 0.2) is 11.2 Å². The molecule has 1 N–H and O–H groups in total. The van der Waals surface area contributed by atoms with Crippen molar-refractivity contribution in [2.45, 2.75) is 58.8 Å². The van der Waals surface area contributed by atoms with E-state index in [0.717, 1.165) is 24.7 Å². The van der Waals surface area contributed by atoms with Crippen LogP contribution in [0, 0.1) is 0 Å². The van der Waals surface area contributed by atoms with E-state index >= 15 is 0 Å². The summed E-state index contributed by atoms with van der Waals surface area (Å²) in [5.41, 5.74) is 2.34. The minimum absolute atomic E-state index is 0.193. The third kappa shape index (κ3) is 6.80. The zero-order chi connectivity index (χ0) is 19.2. The minimum atomic E-state index is -0.882. The fraction of sp³-hybridized carbons (Fsp3) is 0.778. The van der Waals surface area contributed by atoms with Crippen molar-refractivity contribution in [3.8, 4) is 0 Å². The van der Waals surface area contributed by atoms with E-state index in [1.54, 1.807) is 0 Å². The van der Waals surface area contributed by atoms with Crippen LogP contribution in [0.25, 0.3) is 0 Å². The van der Waals surface area contributed by atoms with Gasteiger partial charge in [0.25, 0.3) is 0 Å². The van der Waals surface area contributed by atoms with Crippen LogP contribution in [-0.2, 0) is 24.4 Å². The highest BCUT2D eigenvalue weighted by Gasteiger charge is 2.19. The second kappa shape index (κ2) is 9.36. The minimum Gasteiger partial charge on any atom is -0.357 e. The fourth-order valence-electron chi connectivity index (χ4n) is 2.50. The molecule has 25 heavy (non-hydrogen) atoms. The predicted octanol–water partition coefficient (Wildman–Crippen LogP) is 2.49. The molecule has 1 rings (SSSR count). The van der Waals surface area contributed by atoms with Crippen LogP contribution in [0.1, 0.15) is 58.7 Å². The Morgan fingerprint density at radius 3 is 2.60 bits per heavy atom. The Morgan fingerprint density at radius 2 is 2.08 bits per heavy atom. The SMILES string of the molecule is CCNC(=NCCS(=O)C(C)(C)C)N(C)Cc1cn(C)nc1C(C)C. The second-order valence-corrected chi connectivity index (χ2v) is 9.95. The van der Waals surface area contributed by atoms with E-state index < -0.39 is 10.8 Å². The summed E-state index contributed by atoms with van der Waals surface area (Å²) in [6.45, 7) is 14.5. The van der Waals surface area contributed by atoms with Crippen molar-refractivity contribution in [2.24, 2.45) is 12.0 Å². The van der Waals surface area contributed by atoms with Crippen molar-refractivity contribution in [3.05, 3.63) is 17.5 Å². The van der Waals surface area contributed by atoms with Crippen LogP contribution >= 0.6 is 0 Å². The Balaban J connectivity index is 2.81. The van der Waals surface area contributed by atoms with Gasteiger partial charge in [-0.25, -0.2) is 0 Å². The molecule has 144 valence electrons. The highest BCUT2D eigenvalue weighted by molar-refractivity contribution is 7.86. The van der Waals surface area contributed by atoms with Gasteiger partial charge in [-0.1, -0.05) is 13.8 Å². The number of hydrogen-bond acceptors (Lipinski definition) is 3. The number of aryl methyl sites for hydroxylation is 1. The maximum atomic E-state index is 12.2. The quantitative estimate of drug-likeness (QED) is 0.592. The molecule has 6 nitrogen and oxygen atoms in total. The summed E-state index contributed by atoms with van der Waals surface area (Å²) >= 11 is 0. The maximum Gasteiger partial charge on any atom is 0.193 e. The summed E-state index contributed by atoms with van der Waals surface area (Å²) in [4.78, 5) is 6.76. The monoisotopic (exact) mass is 369 g/mol. The Morgan fingerprint density at radius 1 is 1.44 bits per heavy atom. The number of nitrogens with zero attached hydrogens (tertiary/aromatic N) is 4. The summed E-state index contributed by atoms with van der Waals surface area (Å²) in [5.74, 6) is 1.81. The molecule has 0 aliphatic rings. The molecule has 0 fully saturated rings. The number of hydrogen-bond donors (Lipinski definition) is 1. The Kier molecular flexibility index (Phi) is 8.12. The van der Waals surface area contributed by atoms with Gasteiger partial charge in [-0.05, 0) is 33.6 Å². The molecular weight excluding hydrogens is 334 g/mol. The normalized spacial score (nSPS) is 14.0. The van der Waals surface area contributed by atoms with Gasteiger partial charge in [0, 0.05) is 60.2 Å². The lowest BCUT2D eigenvalue weighted by atomic mass is 10.1. The lowest BCUT2D eigenvalue weighted by molar-refractivity contribution is 0.474. The molecule has 7 heteroatoms. The van der Waals surface area contributed by atoms with Crippen molar-refractivity contribution in [2.75, 3.05) is 25.9 Å². The van der Waals surface area contributed by atoms with Crippen molar-refractivity contribution in [1.82, 2.24) is 20.0 Å². The van der Waals surface area contributed by atoms with Crippen molar-refractivity contribution in [3.63, 3.8) is 0 Å². The Bertz CT molecular complexity index is 601. The topological polar surface area (TPSA) is 62.5 Å². The highest BCUT2D eigenvalue weighted by atomic mass is 32.2. The lowest BCUT2D eigenvalue weighted by Crippen LogP contribution is -2.39. The number of aromatic nitrogens is 2. The third-order valence-corrected chi connectivity index (χ3v) is 5.73. The van der Waals surface area contributed by atoms with Crippen molar-refractivity contribution < 1.29 is 4.21 Å². The first kappa shape index (κ1) is 21.7.